The van der Waals surface area contributed by atoms with Gasteiger partial charge in [-0.15, -0.1) is 0 Å². The van der Waals surface area contributed by atoms with Crippen LogP contribution in [0.4, 0.5) is 4.79 Å². The van der Waals surface area contributed by atoms with Gasteiger partial charge >= 0.3 is 6.09 Å². The fraction of sp³-hybridized carbons (Fsp3) is 0.364. The standard InChI is InChI=1S/C11H16N2O2/c1-8(12)5-9-3-2-4-10(6-9)7-13-11(14)15/h2-4,6,8,13H,5,7,12H2,1H3,(H,14,15). The summed E-state index contributed by atoms with van der Waals surface area (Å²) in [5, 5.41) is 10.8. The summed E-state index contributed by atoms with van der Waals surface area (Å²) in [5.41, 5.74) is 7.78. The van der Waals surface area contributed by atoms with Crippen LogP contribution in [-0.2, 0) is 13.0 Å². The molecular weight excluding hydrogens is 192 g/mol. The van der Waals surface area contributed by atoms with Gasteiger partial charge in [0, 0.05) is 12.6 Å². The Balaban J connectivity index is 2.61. The number of rotatable bonds is 4. The minimum absolute atomic E-state index is 0.118. The summed E-state index contributed by atoms with van der Waals surface area (Å²) in [6, 6.07) is 7.89. The van der Waals surface area contributed by atoms with Crippen LogP contribution in [-0.4, -0.2) is 17.2 Å². The molecule has 1 aromatic rings. The van der Waals surface area contributed by atoms with Gasteiger partial charge < -0.3 is 16.2 Å². The van der Waals surface area contributed by atoms with Gasteiger partial charge in [-0.2, -0.15) is 0 Å². The number of benzene rings is 1. The lowest BCUT2D eigenvalue weighted by molar-refractivity contribution is 0.194. The Morgan fingerprint density at radius 3 is 2.80 bits per heavy atom. The summed E-state index contributed by atoms with van der Waals surface area (Å²) in [4.78, 5) is 10.3. The molecule has 0 aliphatic rings. The van der Waals surface area contributed by atoms with Gasteiger partial charge in [-0.05, 0) is 24.5 Å². The highest BCUT2D eigenvalue weighted by atomic mass is 16.4. The summed E-state index contributed by atoms with van der Waals surface area (Å²) in [7, 11) is 0. The molecule has 1 atom stereocenters. The normalized spacial score (nSPS) is 12.1. The average Bonchev–Trinajstić information content (AvgIpc) is 2.14. The van der Waals surface area contributed by atoms with E-state index in [0.717, 1.165) is 17.5 Å². The van der Waals surface area contributed by atoms with E-state index in [-0.39, 0.29) is 6.04 Å². The van der Waals surface area contributed by atoms with Crippen molar-refractivity contribution in [1.82, 2.24) is 5.32 Å². The first kappa shape index (κ1) is 11.5. The Labute approximate surface area is 89.1 Å². The zero-order chi connectivity index (χ0) is 11.3. The molecule has 0 bridgehead atoms. The number of hydrogen-bond acceptors (Lipinski definition) is 2. The van der Waals surface area contributed by atoms with Gasteiger partial charge in [-0.1, -0.05) is 24.3 Å². The first-order valence-electron chi connectivity index (χ1n) is 4.88. The molecule has 4 heteroatoms. The molecule has 0 saturated heterocycles. The van der Waals surface area contributed by atoms with Crippen molar-refractivity contribution in [3.63, 3.8) is 0 Å². The van der Waals surface area contributed by atoms with E-state index in [2.05, 4.69) is 5.32 Å². The fourth-order valence-electron chi connectivity index (χ4n) is 1.42. The second-order valence-electron chi connectivity index (χ2n) is 3.66. The van der Waals surface area contributed by atoms with E-state index < -0.39 is 6.09 Å². The van der Waals surface area contributed by atoms with Crippen LogP contribution < -0.4 is 11.1 Å². The predicted molar refractivity (Wildman–Crippen MR) is 58.7 cm³/mol. The predicted octanol–water partition coefficient (Wildman–Crippen LogP) is 1.34. The molecule has 15 heavy (non-hydrogen) atoms. The van der Waals surface area contributed by atoms with Gasteiger partial charge in [0.15, 0.2) is 0 Å². The van der Waals surface area contributed by atoms with Crippen molar-refractivity contribution < 1.29 is 9.90 Å². The fourth-order valence-corrected chi connectivity index (χ4v) is 1.42. The minimum Gasteiger partial charge on any atom is -0.465 e. The van der Waals surface area contributed by atoms with Gasteiger partial charge in [0.25, 0.3) is 0 Å². The lowest BCUT2D eigenvalue weighted by Gasteiger charge is -2.07. The SMILES string of the molecule is CC(N)Cc1cccc(CNC(=O)O)c1. The first-order valence-corrected chi connectivity index (χ1v) is 4.88. The maximum atomic E-state index is 10.3. The van der Waals surface area contributed by atoms with E-state index in [1.54, 1.807) is 0 Å². The molecule has 1 amide bonds. The maximum Gasteiger partial charge on any atom is 0.404 e. The van der Waals surface area contributed by atoms with Crippen LogP contribution in [0.1, 0.15) is 18.1 Å². The van der Waals surface area contributed by atoms with Gasteiger partial charge in [-0.25, -0.2) is 4.79 Å². The van der Waals surface area contributed by atoms with Crippen LogP contribution in [0.25, 0.3) is 0 Å². The molecule has 1 unspecified atom stereocenters. The Morgan fingerprint density at radius 2 is 2.20 bits per heavy atom. The van der Waals surface area contributed by atoms with Crippen molar-refractivity contribution >= 4 is 6.09 Å². The minimum atomic E-state index is -1.01. The third kappa shape index (κ3) is 4.46. The number of nitrogens with two attached hydrogens (primary N) is 1. The monoisotopic (exact) mass is 208 g/mol. The molecular formula is C11H16N2O2. The van der Waals surface area contributed by atoms with Gasteiger partial charge in [0.05, 0.1) is 0 Å². The molecule has 82 valence electrons. The molecule has 0 radical (unpaired) electrons. The number of hydrogen-bond donors (Lipinski definition) is 3. The van der Waals surface area contributed by atoms with E-state index >= 15 is 0 Å². The number of carbonyl (C=O) groups is 1. The number of carboxylic acid groups (broad SMARTS) is 1. The second-order valence-corrected chi connectivity index (χ2v) is 3.66. The molecule has 0 aliphatic heterocycles. The van der Waals surface area contributed by atoms with Crippen LogP contribution in [0.2, 0.25) is 0 Å². The largest absolute Gasteiger partial charge is 0.465 e. The van der Waals surface area contributed by atoms with Gasteiger partial charge in [-0.3, -0.25) is 0 Å². The van der Waals surface area contributed by atoms with E-state index in [0.29, 0.717) is 6.54 Å². The number of nitrogens with one attached hydrogen (secondary N) is 1. The Morgan fingerprint density at radius 1 is 1.53 bits per heavy atom. The first-order chi connectivity index (χ1) is 7.08. The van der Waals surface area contributed by atoms with Crippen LogP contribution in [0.3, 0.4) is 0 Å². The van der Waals surface area contributed by atoms with E-state index in [4.69, 9.17) is 10.8 Å². The quantitative estimate of drug-likeness (QED) is 0.699. The second kappa shape index (κ2) is 5.36. The smallest absolute Gasteiger partial charge is 0.404 e. The molecule has 0 aliphatic carbocycles. The third-order valence-corrected chi connectivity index (χ3v) is 1.99. The lowest BCUT2D eigenvalue weighted by atomic mass is 10.0. The van der Waals surface area contributed by atoms with E-state index in [1.807, 2.05) is 31.2 Å². The molecule has 0 fully saturated rings. The van der Waals surface area contributed by atoms with Gasteiger partial charge in [0.1, 0.15) is 0 Å². The van der Waals surface area contributed by atoms with Gasteiger partial charge in [0.2, 0.25) is 0 Å². The van der Waals surface area contributed by atoms with E-state index in [9.17, 15) is 4.79 Å². The van der Waals surface area contributed by atoms with Crippen molar-refractivity contribution in [3.8, 4) is 0 Å². The summed E-state index contributed by atoms with van der Waals surface area (Å²) in [5.74, 6) is 0. The highest BCUT2D eigenvalue weighted by molar-refractivity contribution is 5.64. The summed E-state index contributed by atoms with van der Waals surface area (Å²) < 4.78 is 0. The topological polar surface area (TPSA) is 75.3 Å². The molecule has 0 saturated carbocycles. The average molecular weight is 208 g/mol. The van der Waals surface area contributed by atoms with Crippen LogP contribution in [0.5, 0.6) is 0 Å². The Hall–Kier alpha value is -1.55. The van der Waals surface area contributed by atoms with Crippen molar-refractivity contribution in [3.05, 3.63) is 35.4 Å². The zero-order valence-electron chi connectivity index (χ0n) is 8.73. The van der Waals surface area contributed by atoms with Crippen molar-refractivity contribution in [2.24, 2.45) is 5.73 Å². The van der Waals surface area contributed by atoms with Crippen LogP contribution in [0, 0.1) is 0 Å². The Bertz CT molecular complexity index is 337. The van der Waals surface area contributed by atoms with Crippen molar-refractivity contribution in [1.29, 1.82) is 0 Å². The molecule has 1 aromatic carbocycles. The molecule has 4 nitrogen and oxygen atoms in total. The lowest BCUT2D eigenvalue weighted by Crippen LogP contribution is -2.20. The highest BCUT2D eigenvalue weighted by Gasteiger charge is 2.00. The molecule has 0 spiro atoms. The Kier molecular flexibility index (Phi) is 4.12. The summed E-state index contributed by atoms with van der Waals surface area (Å²) in [6.45, 7) is 2.28. The van der Waals surface area contributed by atoms with Crippen LogP contribution in [0.15, 0.2) is 24.3 Å². The third-order valence-electron chi connectivity index (χ3n) is 1.99. The summed E-state index contributed by atoms with van der Waals surface area (Å²) >= 11 is 0. The van der Waals surface area contributed by atoms with Crippen LogP contribution >= 0.6 is 0 Å². The zero-order valence-corrected chi connectivity index (χ0v) is 8.73. The molecule has 4 N–H and O–H groups in total. The number of amides is 1. The van der Waals surface area contributed by atoms with Crippen molar-refractivity contribution in [2.75, 3.05) is 0 Å². The molecule has 1 rings (SSSR count). The van der Waals surface area contributed by atoms with Crippen molar-refractivity contribution in [2.45, 2.75) is 25.9 Å². The molecule has 0 aromatic heterocycles. The van der Waals surface area contributed by atoms with E-state index in [1.165, 1.54) is 0 Å². The highest BCUT2D eigenvalue weighted by Crippen LogP contribution is 2.07. The summed E-state index contributed by atoms with van der Waals surface area (Å²) in [6.07, 6.45) is -0.200. The maximum absolute atomic E-state index is 10.3. The molecule has 0 heterocycles.